The highest BCUT2D eigenvalue weighted by atomic mass is 16.1. The molecule has 0 amide bonds. The van der Waals surface area contributed by atoms with Gasteiger partial charge in [-0.2, -0.15) is 0 Å². The Morgan fingerprint density at radius 1 is 1.20 bits per heavy atom. The third kappa shape index (κ3) is 3.98. The summed E-state index contributed by atoms with van der Waals surface area (Å²) in [4.78, 5) is 11.3. The number of anilines is 1. The number of carbonyl (C=O) groups excluding carboxylic acids is 1. The molecule has 0 atom stereocenters. The molecular formula is C13H17NO. The van der Waals surface area contributed by atoms with Crippen LogP contribution in [0, 0.1) is 0 Å². The smallest absolute Gasteiger partial charge is 0.157 e. The second kappa shape index (κ2) is 6.02. The van der Waals surface area contributed by atoms with Crippen molar-refractivity contribution in [3.8, 4) is 0 Å². The molecule has 1 aromatic carbocycles. The zero-order valence-electron chi connectivity index (χ0n) is 9.29. The lowest BCUT2D eigenvalue weighted by atomic mass is 10.2. The average molecular weight is 203 g/mol. The minimum absolute atomic E-state index is 0.162. The number of rotatable bonds is 5. The quantitative estimate of drug-likeness (QED) is 0.743. The number of hydrogen-bond donors (Lipinski definition) is 1. The molecule has 0 fully saturated rings. The number of benzene rings is 1. The van der Waals surface area contributed by atoms with E-state index in [1.807, 2.05) is 44.2 Å². The Morgan fingerprint density at radius 3 is 2.40 bits per heavy atom. The molecule has 0 aromatic heterocycles. The molecule has 1 rings (SSSR count). The topological polar surface area (TPSA) is 29.1 Å². The molecule has 0 aliphatic heterocycles. The van der Waals surface area contributed by atoms with E-state index in [2.05, 4.69) is 5.32 Å². The number of ketones is 1. The van der Waals surface area contributed by atoms with Crippen LogP contribution in [0.25, 0.3) is 0 Å². The largest absolute Gasteiger partial charge is 0.359 e. The van der Waals surface area contributed by atoms with E-state index in [0.717, 1.165) is 17.8 Å². The molecule has 0 aliphatic carbocycles. The van der Waals surface area contributed by atoms with Crippen molar-refractivity contribution in [3.63, 3.8) is 0 Å². The van der Waals surface area contributed by atoms with E-state index in [9.17, 15) is 4.79 Å². The molecule has 15 heavy (non-hydrogen) atoms. The Morgan fingerprint density at radius 2 is 1.87 bits per heavy atom. The highest BCUT2D eigenvalue weighted by molar-refractivity contribution is 5.90. The van der Waals surface area contributed by atoms with Gasteiger partial charge in [0, 0.05) is 23.9 Å². The van der Waals surface area contributed by atoms with Crippen molar-refractivity contribution in [1.29, 1.82) is 0 Å². The van der Waals surface area contributed by atoms with Gasteiger partial charge in [0.2, 0.25) is 0 Å². The molecule has 2 nitrogen and oxygen atoms in total. The minimum Gasteiger partial charge on any atom is -0.359 e. The molecule has 0 aliphatic rings. The van der Waals surface area contributed by atoms with Gasteiger partial charge >= 0.3 is 0 Å². The Kier molecular flexibility index (Phi) is 4.61. The SMILES string of the molecule is CCC(=O)/C=C(\CC)Nc1ccccc1. The van der Waals surface area contributed by atoms with Crippen LogP contribution >= 0.6 is 0 Å². The maximum Gasteiger partial charge on any atom is 0.157 e. The number of carbonyl (C=O) groups is 1. The summed E-state index contributed by atoms with van der Waals surface area (Å²) in [5.41, 5.74) is 1.99. The van der Waals surface area contributed by atoms with Crippen molar-refractivity contribution < 1.29 is 4.79 Å². The first kappa shape index (κ1) is 11.5. The van der Waals surface area contributed by atoms with Gasteiger partial charge in [-0.3, -0.25) is 4.79 Å². The number of nitrogens with one attached hydrogen (secondary N) is 1. The Labute approximate surface area is 91.0 Å². The molecule has 0 spiro atoms. The van der Waals surface area contributed by atoms with Crippen molar-refractivity contribution in [2.45, 2.75) is 26.7 Å². The zero-order valence-corrected chi connectivity index (χ0v) is 9.29. The number of para-hydroxylation sites is 1. The van der Waals surface area contributed by atoms with Crippen LogP contribution in [0.1, 0.15) is 26.7 Å². The fourth-order valence-electron chi connectivity index (χ4n) is 1.23. The van der Waals surface area contributed by atoms with Crippen molar-refractivity contribution in [1.82, 2.24) is 0 Å². The van der Waals surface area contributed by atoms with E-state index in [1.165, 1.54) is 0 Å². The van der Waals surface area contributed by atoms with Crippen LogP contribution in [0.2, 0.25) is 0 Å². The van der Waals surface area contributed by atoms with E-state index in [-0.39, 0.29) is 5.78 Å². The van der Waals surface area contributed by atoms with Gasteiger partial charge in [0.15, 0.2) is 5.78 Å². The second-order valence-corrected chi connectivity index (χ2v) is 3.33. The predicted molar refractivity (Wildman–Crippen MR) is 63.7 cm³/mol. The summed E-state index contributed by atoms with van der Waals surface area (Å²) in [7, 11) is 0. The van der Waals surface area contributed by atoms with Crippen LogP contribution in [-0.4, -0.2) is 5.78 Å². The van der Waals surface area contributed by atoms with Crippen LogP contribution in [0.3, 0.4) is 0 Å². The van der Waals surface area contributed by atoms with Crippen LogP contribution in [0.5, 0.6) is 0 Å². The maximum absolute atomic E-state index is 11.3. The molecule has 1 N–H and O–H groups in total. The standard InChI is InChI=1S/C13H17NO/c1-3-11(10-13(15)4-2)14-12-8-6-5-7-9-12/h5-10,14H,3-4H2,1-2H3/b11-10+. The molecule has 0 unspecified atom stereocenters. The lowest BCUT2D eigenvalue weighted by molar-refractivity contribution is -0.114. The first-order chi connectivity index (χ1) is 7.26. The normalized spacial score (nSPS) is 11.2. The Balaban J connectivity index is 2.70. The van der Waals surface area contributed by atoms with Gasteiger partial charge in [-0.05, 0) is 18.6 Å². The molecule has 2 heteroatoms. The number of hydrogen-bond acceptors (Lipinski definition) is 2. The summed E-state index contributed by atoms with van der Waals surface area (Å²) in [6, 6.07) is 9.88. The molecular weight excluding hydrogens is 186 g/mol. The first-order valence-electron chi connectivity index (χ1n) is 5.31. The summed E-state index contributed by atoms with van der Waals surface area (Å²) < 4.78 is 0. The van der Waals surface area contributed by atoms with Crippen LogP contribution < -0.4 is 5.32 Å². The molecule has 1 aromatic rings. The van der Waals surface area contributed by atoms with Gasteiger partial charge in [-0.1, -0.05) is 32.0 Å². The number of allylic oxidation sites excluding steroid dienone is 2. The molecule has 0 saturated heterocycles. The summed E-state index contributed by atoms with van der Waals surface area (Å²) in [5.74, 6) is 0.162. The monoisotopic (exact) mass is 203 g/mol. The fraction of sp³-hybridized carbons (Fsp3) is 0.308. The van der Waals surface area contributed by atoms with Gasteiger partial charge in [-0.15, -0.1) is 0 Å². The van der Waals surface area contributed by atoms with Crippen molar-refractivity contribution in [2.75, 3.05) is 5.32 Å². The van der Waals surface area contributed by atoms with Gasteiger partial charge in [0.05, 0.1) is 0 Å². The Hall–Kier alpha value is -1.57. The highest BCUT2D eigenvalue weighted by Crippen LogP contribution is 2.11. The van der Waals surface area contributed by atoms with E-state index in [0.29, 0.717) is 6.42 Å². The Bertz CT molecular complexity index is 341. The minimum atomic E-state index is 0.162. The lowest BCUT2D eigenvalue weighted by Gasteiger charge is -2.08. The van der Waals surface area contributed by atoms with Gasteiger partial charge in [-0.25, -0.2) is 0 Å². The average Bonchev–Trinajstić information content (AvgIpc) is 2.29. The predicted octanol–water partition coefficient (Wildman–Crippen LogP) is 3.37. The molecule has 0 bridgehead atoms. The van der Waals surface area contributed by atoms with Gasteiger partial charge in [0.25, 0.3) is 0 Å². The highest BCUT2D eigenvalue weighted by Gasteiger charge is 1.98. The van der Waals surface area contributed by atoms with Gasteiger partial charge < -0.3 is 5.32 Å². The summed E-state index contributed by atoms with van der Waals surface area (Å²) in [6.45, 7) is 3.90. The molecule has 0 heterocycles. The van der Waals surface area contributed by atoms with Crippen molar-refractivity contribution >= 4 is 11.5 Å². The second-order valence-electron chi connectivity index (χ2n) is 3.33. The van der Waals surface area contributed by atoms with Crippen LogP contribution in [0.15, 0.2) is 42.1 Å². The van der Waals surface area contributed by atoms with Crippen molar-refractivity contribution in [3.05, 3.63) is 42.1 Å². The van der Waals surface area contributed by atoms with Crippen LogP contribution in [-0.2, 0) is 4.79 Å². The molecule has 0 radical (unpaired) electrons. The summed E-state index contributed by atoms with van der Waals surface area (Å²) >= 11 is 0. The lowest BCUT2D eigenvalue weighted by Crippen LogP contribution is -2.01. The third-order valence-electron chi connectivity index (χ3n) is 2.14. The summed E-state index contributed by atoms with van der Waals surface area (Å²) in [5, 5.41) is 3.23. The summed E-state index contributed by atoms with van der Waals surface area (Å²) in [6.07, 6.45) is 3.08. The van der Waals surface area contributed by atoms with Crippen molar-refractivity contribution in [2.24, 2.45) is 0 Å². The molecule has 80 valence electrons. The van der Waals surface area contributed by atoms with E-state index in [4.69, 9.17) is 0 Å². The fourth-order valence-corrected chi connectivity index (χ4v) is 1.23. The van der Waals surface area contributed by atoms with Gasteiger partial charge in [0.1, 0.15) is 0 Å². The van der Waals surface area contributed by atoms with Crippen LogP contribution in [0.4, 0.5) is 5.69 Å². The van der Waals surface area contributed by atoms with E-state index >= 15 is 0 Å². The first-order valence-corrected chi connectivity index (χ1v) is 5.31. The van der Waals surface area contributed by atoms with E-state index in [1.54, 1.807) is 6.08 Å². The third-order valence-corrected chi connectivity index (χ3v) is 2.14. The zero-order chi connectivity index (χ0) is 11.1. The maximum atomic E-state index is 11.3. The molecule has 0 saturated carbocycles. The van der Waals surface area contributed by atoms with E-state index < -0.39 is 0 Å².